The Morgan fingerprint density at radius 1 is 1.05 bits per heavy atom. The molecule has 2 rings (SSSR count). The van der Waals surface area contributed by atoms with Gasteiger partial charge in [0, 0.05) is 5.56 Å². The van der Waals surface area contributed by atoms with Crippen LogP contribution in [0.1, 0.15) is 15.9 Å². The van der Waals surface area contributed by atoms with Crippen molar-refractivity contribution in [2.24, 2.45) is 0 Å². The number of rotatable bonds is 5. The van der Waals surface area contributed by atoms with Crippen LogP contribution >= 0.6 is 0 Å². The first-order valence-corrected chi connectivity index (χ1v) is 5.89. The molecule has 102 valence electrons. The second-order valence-electron chi connectivity index (χ2n) is 3.94. The molecule has 0 saturated heterocycles. The molecule has 0 radical (unpaired) electrons. The van der Waals surface area contributed by atoms with Crippen LogP contribution in [0.3, 0.4) is 0 Å². The number of carbonyl (C=O) groups excluding carboxylic acids is 1. The van der Waals surface area contributed by atoms with Gasteiger partial charge in [0.05, 0.1) is 5.17 Å². The van der Waals surface area contributed by atoms with Crippen molar-refractivity contribution >= 4 is 5.91 Å². The maximum atomic E-state index is 12.0. The number of hydroxylamine groups is 1. The largest absolute Gasteiger partial charge is 0.346 e. The number of amides is 1. The van der Waals surface area contributed by atoms with Crippen molar-refractivity contribution in [1.29, 1.82) is 0 Å². The van der Waals surface area contributed by atoms with E-state index in [4.69, 9.17) is 4.84 Å². The molecule has 2 aromatic rings. The van der Waals surface area contributed by atoms with Gasteiger partial charge in [-0.15, -0.1) is 0 Å². The first-order valence-electron chi connectivity index (χ1n) is 5.89. The van der Waals surface area contributed by atoms with Crippen molar-refractivity contribution < 1.29 is 14.7 Å². The van der Waals surface area contributed by atoms with Gasteiger partial charge in [0.25, 0.3) is 0 Å². The van der Waals surface area contributed by atoms with Gasteiger partial charge in [0.1, 0.15) is 6.61 Å². The molecule has 0 aliphatic heterocycles. The monoisotopic (exact) mass is 272 g/mol. The minimum Gasteiger partial charge on any atom is -0.260 e. The fraction of sp³-hybridized carbons (Fsp3) is 0.0714. The Kier molecular flexibility index (Phi) is 4.41. The standard InChI is InChI=1S/C14H12N2O4/c17-14(13-9-5-2-6-10-13)15(16(18)19)20-11-12-7-3-1-4-8-12/h1-10H,11H2. The number of carbonyl (C=O) groups is 1. The molecule has 0 fully saturated rings. The summed E-state index contributed by atoms with van der Waals surface area (Å²) in [5, 5.41) is 10.2. The number of hydrogen-bond acceptors (Lipinski definition) is 4. The van der Waals surface area contributed by atoms with E-state index >= 15 is 0 Å². The highest BCUT2D eigenvalue weighted by Gasteiger charge is 2.27. The van der Waals surface area contributed by atoms with Crippen LogP contribution in [-0.4, -0.2) is 16.1 Å². The number of hydrogen-bond donors (Lipinski definition) is 0. The zero-order valence-electron chi connectivity index (χ0n) is 10.5. The lowest BCUT2D eigenvalue weighted by atomic mass is 10.2. The van der Waals surface area contributed by atoms with Crippen LogP contribution in [0.25, 0.3) is 0 Å². The lowest BCUT2D eigenvalue weighted by Gasteiger charge is -2.11. The topological polar surface area (TPSA) is 72.7 Å². The first kappa shape index (κ1) is 13.7. The summed E-state index contributed by atoms with van der Waals surface area (Å²) in [7, 11) is 0. The van der Waals surface area contributed by atoms with E-state index < -0.39 is 10.9 Å². The van der Waals surface area contributed by atoms with Gasteiger partial charge < -0.3 is 0 Å². The lowest BCUT2D eigenvalue weighted by molar-refractivity contribution is -0.710. The smallest absolute Gasteiger partial charge is 0.260 e. The van der Waals surface area contributed by atoms with Gasteiger partial charge in [-0.2, -0.15) is 0 Å². The van der Waals surface area contributed by atoms with E-state index in [2.05, 4.69) is 0 Å². The molecular formula is C14H12N2O4. The van der Waals surface area contributed by atoms with Crippen molar-refractivity contribution in [1.82, 2.24) is 5.17 Å². The molecule has 0 spiro atoms. The SMILES string of the molecule is O=C(c1ccccc1)N(OCc1ccccc1)[N+](=O)[O-]. The maximum Gasteiger partial charge on any atom is 0.346 e. The summed E-state index contributed by atoms with van der Waals surface area (Å²) in [5.41, 5.74) is 0.928. The minimum absolute atomic E-state index is 0.0552. The summed E-state index contributed by atoms with van der Waals surface area (Å²) in [5.74, 6) is -0.813. The molecule has 0 bridgehead atoms. The summed E-state index contributed by atoms with van der Waals surface area (Å²) in [4.78, 5) is 27.9. The fourth-order valence-corrected chi connectivity index (χ4v) is 1.58. The van der Waals surface area contributed by atoms with Gasteiger partial charge in [-0.3, -0.25) is 4.79 Å². The van der Waals surface area contributed by atoms with Gasteiger partial charge in [-0.1, -0.05) is 48.5 Å². The molecular weight excluding hydrogens is 260 g/mol. The molecule has 1 amide bonds. The molecule has 6 heteroatoms. The average Bonchev–Trinajstić information content (AvgIpc) is 2.49. The van der Waals surface area contributed by atoms with Crippen LogP contribution in [0.15, 0.2) is 60.7 Å². The maximum absolute atomic E-state index is 12.0. The third-order valence-electron chi connectivity index (χ3n) is 2.54. The van der Waals surface area contributed by atoms with Gasteiger partial charge in [-0.05, 0) is 17.7 Å². The van der Waals surface area contributed by atoms with Crippen molar-refractivity contribution in [2.45, 2.75) is 6.61 Å². The molecule has 6 nitrogen and oxygen atoms in total. The van der Waals surface area contributed by atoms with Crippen LogP contribution in [-0.2, 0) is 11.4 Å². The first-order chi connectivity index (χ1) is 9.68. The Labute approximate surface area is 115 Å². The molecule has 0 saturated carbocycles. The lowest BCUT2D eigenvalue weighted by Crippen LogP contribution is -2.36. The summed E-state index contributed by atoms with van der Waals surface area (Å²) >= 11 is 0. The van der Waals surface area contributed by atoms with E-state index in [-0.39, 0.29) is 17.3 Å². The third kappa shape index (κ3) is 3.39. The molecule has 0 heterocycles. The second kappa shape index (κ2) is 6.44. The fourth-order valence-electron chi connectivity index (χ4n) is 1.58. The van der Waals surface area contributed by atoms with E-state index in [1.165, 1.54) is 12.1 Å². The average molecular weight is 272 g/mol. The normalized spacial score (nSPS) is 10.0. The predicted octanol–water partition coefficient (Wildman–Crippen LogP) is 2.45. The Balaban J connectivity index is 2.08. The minimum atomic E-state index is -0.877. The number of nitro groups is 1. The van der Waals surface area contributed by atoms with Crippen LogP contribution in [0.5, 0.6) is 0 Å². The Hall–Kier alpha value is -2.73. The van der Waals surface area contributed by atoms with Crippen LogP contribution in [0.2, 0.25) is 0 Å². The van der Waals surface area contributed by atoms with E-state index in [0.717, 1.165) is 5.56 Å². The summed E-state index contributed by atoms with van der Waals surface area (Å²) in [6, 6.07) is 16.9. The Morgan fingerprint density at radius 3 is 2.15 bits per heavy atom. The van der Waals surface area contributed by atoms with Crippen molar-refractivity contribution in [3.8, 4) is 0 Å². The highest BCUT2D eigenvalue weighted by atomic mass is 16.8. The van der Waals surface area contributed by atoms with Gasteiger partial charge in [0.15, 0.2) is 5.03 Å². The highest BCUT2D eigenvalue weighted by molar-refractivity contribution is 5.92. The summed E-state index contributed by atoms with van der Waals surface area (Å²) in [6.45, 7) is -0.0552. The summed E-state index contributed by atoms with van der Waals surface area (Å²) < 4.78 is 0. The molecule has 0 aliphatic rings. The number of hydrazine groups is 1. The third-order valence-corrected chi connectivity index (χ3v) is 2.54. The molecule has 0 N–H and O–H groups in total. The molecule has 20 heavy (non-hydrogen) atoms. The number of nitrogens with zero attached hydrogens (tertiary/aromatic N) is 2. The predicted molar refractivity (Wildman–Crippen MR) is 70.8 cm³/mol. The van der Waals surface area contributed by atoms with Gasteiger partial charge in [0.2, 0.25) is 0 Å². The molecule has 0 atom stereocenters. The molecule has 2 aromatic carbocycles. The molecule has 0 aliphatic carbocycles. The van der Waals surface area contributed by atoms with E-state index in [1.807, 2.05) is 6.07 Å². The van der Waals surface area contributed by atoms with Crippen molar-refractivity contribution in [3.63, 3.8) is 0 Å². The van der Waals surface area contributed by atoms with E-state index in [0.29, 0.717) is 0 Å². The second-order valence-corrected chi connectivity index (χ2v) is 3.94. The van der Waals surface area contributed by atoms with E-state index in [9.17, 15) is 14.9 Å². The molecule has 0 aromatic heterocycles. The quantitative estimate of drug-likeness (QED) is 0.619. The Bertz CT molecular complexity index is 587. The zero-order valence-corrected chi connectivity index (χ0v) is 10.5. The van der Waals surface area contributed by atoms with Crippen LogP contribution in [0, 0.1) is 10.1 Å². The van der Waals surface area contributed by atoms with Gasteiger partial charge >= 0.3 is 5.91 Å². The van der Waals surface area contributed by atoms with E-state index in [1.54, 1.807) is 42.5 Å². The highest BCUT2D eigenvalue weighted by Crippen LogP contribution is 2.08. The van der Waals surface area contributed by atoms with Crippen molar-refractivity contribution in [2.75, 3.05) is 0 Å². The Morgan fingerprint density at radius 2 is 1.60 bits per heavy atom. The van der Waals surface area contributed by atoms with Gasteiger partial charge in [-0.25, -0.2) is 15.0 Å². The zero-order chi connectivity index (χ0) is 14.4. The van der Waals surface area contributed by atoms with Crippen LogP contribution < -0.4 is 0 Å². The van der Waals surface area contributed by atoms with Crippen LogP contribution in [0.4, 0.5) is 0 Å². The van der Waals surface area contributed by atoms with Crippen molar-refractivity contribution in [3.05, 3.63) is 81.9 Å². The summed E-state index contributed by atoms with van der Waals surface area (Å²) in [6.07, 6.45) is 0. The number of benzene rings is 2. The molecule has 0 unspecified atom stereocenters.